The van der Waals surface area contributed by atoms with Crippen molar-refractivity contribution in [1.29, 1.82) is 0 Å². The summed E-state index contributed by atoms with van der Waals surface area (Å²) in [6.45, 7) is 1.93. The predicted octanol–water partition coefficient (Wildman–Crippen LogP) is 5.35. The normalized spacial score (nSPS) is 11.2. The van der Waals surface area contributed by atoms with Gasteiger partial charge in [0.25, 0.3) is 0 Å². The molecule has 0 bridgehead atoms. The van der Waals surface area contributed by atoms with Gasteiger partial charge in [0, 0.05) is 16.1 Å². The molecule has 0 aliphatic carbocycles. The molecule has 0 heterocycles. The summed E-state index contributed by atoms with van der Waals surface area (Å²) in [6.07, 6.45) is 0. The van der Waals surface area contributed by atoms with Gasteiger partial charge in [-0.15, -0.1) is 0 Å². The van der Waals surface area contributed by atoms with E-state index >= 15 is 0 Å². The highest BCUT2D eigenvalue weighted by molar-refractivity contribution is 6.51. The van der Waals surface area contributed by atoms with Gasteiger partial charge in [-0.2, -0.15) is 5.10 Å². The van der Waals surface area contributed by atoms with Gasteiger partial charge in [0.1, 0.15) is 5.71 Å². The molecule has 3 aromatic carbocycles. The molecule has 0 aliphatic heterocycles. The highest BCUT2D eigenvalue weighted by atomic mass is 35.5. The molecule has 0 unspecified atom stereocenters. The number of halogens is 1. The number of benzene rings is 3. The van der Waals surface area contributed by atoms with E-state index in [0.29, 0.717) is 16.3 Å². The summed E-state index contributed by atoms with van der Waals surface area (Å²) in [5, 5.41) is 5.02. The quantitative estimate of drug-likeness (QED) is 0.383. The van der Waals surface area contributed by atoms with E-state index in [9.17, 15) is 4.79 Å². The summed E-state index contributed by atoms with van der Waals surface area (Å²) >= 11 is 6.15. The third kappa shape index (κ3) is 4.14. The van der Waals surface area contributed by atoms with E-state index in [1.165, 1.54) is 0 Å². The van der Waals surface area contributed by atoms with Crippen LogP contribution < -0.4 is 5.43 Å². The van der Waals surface area contributed by atoms with Gasteiger partial charge < -0.3 is 0 Å². The van der Waals surface area contributed by atoms with E-state index in [1.54, 1.807) is 18.2 Å². The molecule has 0 radical (unpaired) electrons. The maximum absolute atomic E-state index is 12.9. The Morgan fingerprint density at radius 1 is 0.880 bits per heavy atom. The zero-order chi connectivity index (χ0) is 17.6. The number of nitrogens with one attached hydrogen (secondary N) is 1. The first-order valence-corrected chi connectivity index (χ1v) is 8.28. The third-order valence-electron chi connectivity index (χ3n) is 3.77. The number of aryl methyl sites for hydroxylation is 1. The molecule has 0 saturated carbocycles. The van der Waals surface area contributed by atoms with Crippen molar-refractivity contribution < 1.29 is 4.79 Å². The van der Waals surface area contributed by atoms with Crippen LogP contribution in [0.4, 0.5) is 5.69 Å². The average Bonchev–Trinajstić information content (AvgIpc) is 2.66. The minimum Gasteiger partial charge on any atom is -0.287 e. The Morgan fingerprint density at radius 3 is 2.08 bits per heavy atom. The van der Waals surface area contributed by atoms with E-state index in [0.717, 1.165) is 16.8 Å². The Balaban J connectivity index is 1.96. The van der Waals surface area contributed by atoms with Crippen LogP contribution in [-0.4, -0.2) is 11.5 Å². The maximum Gasteiger partial charge on any atom is 0.213 e. The second kappa shape index (κ2) is 7.77. The van der Waals surface area contributed by atoms with Gasteiger partial charge in [0.2, 0.25) is 5.78 Å². The topological polar surface area (TPSA) is 41.5 Å². The highest BCUT2D eigenvalue weighted by Crippen LogP contribution is 2.20. The second-order valence-corrected chi connectivity index (χ2v) is 6.00. The minimum atomic E-state index is -0.141. The molecule has 0 atom stereocenters. The van der Waals surface area contributed by atoms with Crippen LogP contribution in [0.25, 0.3) is 0 Å². The number of anilines is 1. The first-order chi connectivity index (χ1) is 12.1. The Labute approximate surface area is 152 Å². The lowest BCUT2D eigenvalue weighted by Gasteiger charge is -2.08. The van der Waals surface area contributed by atoms with E-state index in [2.05, 4.69) is 10.5 Å². The second-order valence-electron chi connectivity index (χ2n) is 5.60. The largest absolute Gasteiger partial charge is 0.287 e. The van der Waals surface area contributed by atoms with Crippen LogP contribution in [0.2, 0.25) is 5.02 Å². The van der Waals surface area contributed by atoms with Crippen LogP contribution in [0.1, 0.15) is 21.5 Å². The van der Waals surface area contributed by atoms with Crippen molar-refractivity contribution in [3.05, 3.63) is 101 Å². The van der Waals surface area contributed by atoms with Gasteiger partial charge in [-0.3, -0.25) is 10.2 Å². The van der Waals surface area contributed by atoms with E-state index in [1.807, 2.05) is 67.6 Å². The molecule has 3 aromatic rings. The van der Waals surface area contributed by atoms with E-state index < -0.39 is 0 Å². The van der Waals surface area contributed by atoms with Gasteiger partial charge >= 0.3 is 0 Å². The standard InChI is InChI=1S/C21H17ClN2O/c1-15-12-13-18(14-19(15)22)23-24-20(16-8-4-2-5-9-16)21(25)17-10-6-3-7-11-17/h2-14,23H,1H3/b24-20+. The van der Waals surface area contributed by atoms with E-state index in [-0.39, 0.29) is 5.78 Å². The number of ketones is 1. The van der Waals surface area contributed by atoms with Crippen molar-refractivity contribution >= 4 is 28.8 Å². The highest BCUT2D eigenvalue weighted by Gasteiger charge is 2.16. The van der Waals surface area contributed by atoms with Crippen molar-refractivity contribution in [2.24, 2.45) is 5.10 Å². The molecule has 124 valence electrons. The summed E-state index contributed by atoms with van der Waals surface area (Å²) in [7, 11) is 0. The molecule has 0 saturated heterocycles. The number of rotatable bonds is 5. The Hall–Kier alpha value is -2.91. The Bertz CT molecular complexity index is 906. The van der Waals surface area contributed by atoms with Crippen LogP contribution in [0.15, 0.2) is 84.0 Å². The number of hydrogen-bond acceptors (Lipinski definition) is 3. The fourth-order valence-corrected chi connectivity index (χ4v) is 2.53. The molecule has 1 N–H and O–H groups in total. The van der Waals surface area contributed by atoms with Gasteiger partial charge in [-0.1, -0.05) is 78.3 Å². The number of hydrogen-bond donors (Lipinski definition) is 1. The van der Waals surface area contributed by atoms with Crippen LogP contribution >= 0.6 is 11.6 Å². The molecule has 4 heteroatoms. The molecular formula is C21H17ClN2O. The summed E-state index contributed by atoms with van der Waals surface area (Å²) in [5.74, 6) is -0.141. The number of nitrogens with zero attached hydrogens (tertiary/aromatic N) is 1. The van der Waals surface area contributed by atoms with Crippen molar-refractivity contribution in [1.82, 2.24) is 0 Å². The number of carbonyl (C=O) groups is 1. The molecule has 0 aromatic heterocycles. The molecule has 0 amide bonds. The Morgan fingerprint density at radius 2 is 1.48 bits per heavy atom. The average molecular weight is 349 g/mol. The van der Waals surface area contributed by atoms with Gasteiger partial charge in [-0.05, 0) is 24.6 Å². The van der Waals surface area contributed by atoms with Crippen LogP contribution in [-0.2, 0) is 0 Å². The maximum atomic E-state index is 12.9. The molecule has 0 fully saturated rings. The predicted molar refractivity (Wildman–Crippen MR) is 104 cm³/mol. The van der Waals surface area contributed by atoms with Crippen LogP contribution in [0.3, 0.4) is 0 Å². The summed E-state index contributed by atoms with van der Waals surface area (Å²) in [6, 6.07) is 24.1. The zero-order valence-electron chi connectivity index (χ0n) is 13.7. The van der Waals surface area contributed by atoms with Gasteiger partial charge in [-0.25, -0.2) is 0 Å². The fraction of sp³-hybridized carbons (Fsp3) is 0.0476. The monoisotopic (exact) mass is 348 g/mol. The van der Waals surface area contributed by atoms with Crippen molar-refractivity contribution in [3.8, 4) is 0 Å². The first kappa shape index (κ1) is 16.9. The third-order valence-corrected chi connectivity index (χ3v) is 4.17. The molecule has 3 rings (SSSR count). The van der Waals surface area contributed by atoms with Crippen LogP contribution in [0.5, 0.6) is 0 Å². The number of Topliss-reactive ketones (excluding diaryl/α,β-unsaturated/α-hetero) is 1. The lowest BCUT2D eigenvalue weighted by atomic mass is 10.0. The summed E-state index contributed by atoms with van der Waals surface area (Å²) < 4.78 is 0. The van der Waals surface area contributed by atoms with Crippen LogP contribution in [0, 0.1) is 6.92 Å². The van der Waals surface area contributed by atoms with Crippen molar-refractivity contribution in [2.45, 2.75) is 6.92 Å². The Kier molecular flexibility index (Phi) is 5.26. The lowest BCUT2D eigenvalue weighted by molar-refractivity contribution is 0.106. The smallest absolute Gasteiger partial charge is 0.213 e. The van der Waals surface area contributed by atoms with Crippen molar-refractivity contribution in [3.63, 3.8) is 0 Å². The van der Waals surface area contributed by atoms with Gasteiger partial charge in [0.05, 0.1) is 5.69 Å². The SMILES string of the molecule is Cc1ccc(N/N=C(/C(=O)c2ccccc2)c2ccccc2)cc1Cl. The van der Waals surface area contributed by atoms with Gasteiger partial charge in [0.15, 0.2) is 0 Å². The molecule has 25 heavy (non-hydrogen) atoms. The van der Waals surface area contributed by atoms with E-state index in [4.69, 9.17) is 11.6 Å². The number of hydrazone groups is 1. The molecule has 3 nitrogen and oxygen atoms in total. The lowest BCUT2D eigenvalue weighted by Crippen LogP contribution is -2.17. The summed E-state index contributed by atoms with van der Waals surface area (Å²) in [5.41, 5.74) is 6.35. The zero-order valence-corrected chi connectivity index (χ0v) is 14.5. The minimum absolute atomic E-state index is 0.141. The van der Waals surface area contributed by atoms with Crippen molar-refractivity contribution in [2.75, 3.05) is 5.43 Å². The number of carbonyl (C=O) groups excluding carboxylic acids is 1. The molecule has 0 spiro atoms. The fourth-order valence-electron chi connectivity index (χ4n) is 2.35. The molecular weight excluding hydrogens is 332 g/mol. The summed E-state index contributed by atoms with van der Waals surface area (Å²) in [4.78, 5) is 12.9. The first-order valence-electron chi connectivity index (χ1n) is 7.90. The molecule has 0 aliphatic rings.